The topological polar surface area (TPSA) is 91.4 Å². The number of nitrogens with one attached hydrogen (secondary N) is 2. The minimum Gasteiger partial charge on any atom is -0.351 e. The van der Waals surface area contributed by atoms with Gasteiger partial charge in [0.05, 0.1) is 10.4 Å². The maximum absolute atomic E-state index is 12.7. The summed E-state index contributed by atoms with van der Waals surface area (Å²) in [4.78, 5) is 43.3. The second-order valence-electron chi connectivity index (χ2n) is 7.18. The first-order valence-corrected chi connectivity index (χ1v) is 11.0. The third-order valence-corrected chi connectivity index (χ3v) is 5.89. The first kappa shape index (κ1) is 20.7. The first-order chi connectivity index (χ1) is 15.1. The van der Waals surface area contributed by atoms with Crippen LogP contribution < -0.4 is 15.5 Å². The molecule has 3 aromatic rings. The van der Waals surface area contributed by atoms with Crippen LogP contribution in [-0.2, 0) is 11.2 Å². The molecule has 8 heteroatoms. The van der Waals surface area contributed by atoms with Crippen molar-refractivity contribution in [3.05, 3.63) is 76.2 Å². The van der Waals surface area contributed by atoms with E-state index in [0.29, 0.717) is 42.1 Å². The zero-order chi connectivity index (χ0) is 21.6. The van der Waals surface area contributed by atoms with Crippen molar-refractivity contribution in [2.75, 3.05) is 23.3 Å². The minimum absolute atomic E-state index is 0.0757. The summed E-state index contributed by atoms with van der Waals surface area (Å²) in [5.74, 6) is -0.292. The van der Waals surface area contributed by atoms with E-state index in [4.69, 9.17) is 0 Å². The number of thiophene rings is 1. The second-order valence-corrected chi connectivity index (χ2v) is 8.12. The quantitative estimate of drug-likeness (QED) is 0.557. The van der Waals surface area contributed by atoms with Gasteiger partial charge in [-0.1, -0.05) is 6.07 Å². The normalized spacial score (nSPS) is 12.3. The fourth-order valence-electron chi connectivity index (χ4n) is 3.50. The van der Waals surface area contributed by atoms with Crippen LogP contribution in [0.15, 0.2) is 60.2 Å². The number of carbonyl (C=O) groups excluding carboxylic acids is 3. The third-order valence-electron chi connectivity index (χ3n) is 5.02. The summed E-state index contributed by atoms with van der Waals surface area (Å²) in [6.45, 7) is 1.05. The Hall–Kier alpha value is -3.52. The zero-order valence-corrected chi connectivity index (χ0v) is 17.7. The highest BCUT2D eigenvalue weighted by Crippen LogP contribution is 2.31. The van der Waals surface area contributed by atoms with Gasteiger partial charge in [0.2, 0.25) is 5.91 Å². The molecule has 3 heterocycles. The molecule has 0 fully saturated rings. The van der Waals surface area contributed by atoms with Crippen LogP contribution in [0.2, 0.25) is 0 Å². The molecule has 0 radical (unpaired) electrons. The van der Waals surface area contributed by atoms with Gasteiger partial charge in [0.15, 0.2) is 0 Å². The van der Waals surface area contributed by atoms with E-state index in [1.54, 1.807) is 35.5 Å². The fraction of sp³-hybridized carbons (Fsp3) is 0.217. The Morgan fingerprint density at radius 2 is 2.03 bits per heavy atom. The van der Waals surface area contributed by atoms with Gasteiger partial charge >= 0.3 is 0 Å². The van der Waals surface area contributed by atoms with Crippen LogP contribution >= 0.6 is 11.3 Å². The van der Waals surface area contributed by atoms with E-state index in [9.17, 15) is 14.4 Å². The standard InChI is InChI=1S/C23H22N4O3S/c28-21(6-2-11-25-22(29)20-5-3-13-31-20)26-18-7-8-19-16(14-18)9-12-27(19)23(30)17-4-1-10-24-15-17/h1,3-5,7-8,10,13-15H,2,6,9,11-12H2,(H,25,29)(H,26,28). The van der Waals surface area contributed by atoms with Gasteiger partial charge in [-0.15, -0.1) is 11.3 Å². The van der Waals surface area contributed by atoms with E-state index in [1.807, 2.05) is 29.6 Å². The number of amides is 3. The van der Waals surface area contributed by atoms with E-state index >= 15 is 0 Å². The van der Waals surface area contributed by atoms with Crippen LogP contribution in [0.25, 0.3) is 0 Å². The molecule has 7 nitrogen and oxygen atoms in total. The predicted molar refractivity (Wildman–Crippen MR) is 121 cm³/mol. The molecule has 3 amide bonds. The lowest BCUT2D eigenvalue weighted by Crippen LogP contribution is -2.28. The van der Waals surface area contributed by atoms with Crippen LogP contribution in [-0.4, -0.2) is 35.8 Å². The molecule has 2 N–H and O–H groups in total. The maximum Gasteiger partial charge on any atom is 0.261 e. The summed E-state index contributed by atoms with van der Waals surface area (Å²) in [6, 6.07) is 12.7. The summed E-state index contributed by atoms with van der Waals surface area (Å²) in [5.41, 5.74) is 3.15. The van der Waals surface area contributed by atoms with Gasteiger partial charge in [-0.25, -0.2) is 0 Å². The number of nitrogens with zero attached hydrogens (tertiary/aromatic N) is 2. The Morgan fingerprint density at radius 3 is 2.81 bits per heavy atom. The number of pyridine rings is 1. The lowest BCUT2D eigenvalue weighted by atomic mass is 10.1. The Bertz CT molecular complexity index is 1080. The van der Waals surface area contributed by atoms with Crippen molar-refractivity contribution in [1.82, 2.24) is 10.3 Å². The average Bonchev–Trinajstić information content (AvgIpc) is 3.47. The molecular formula is C23H22N4O3S. The van der Waals surface area contributed by atoms with Crippen LogP contribution in [0.5, 0.6) is 0 Å². The number of carbonyl (C=O) groups is 3. The van der Waals surface area contributed by atoms with Gasteiger partial charge in [0, 0.05) is 43.3 Å². The van der Waals surface area contributed by atoms with Crippen molar-refractivity contribution in [1.29, 1.82) is 0 Å². The maximum atomic E-state index is 12.7. The summed E-state index contributed by atoms with van der Waals surface area (Å²) in [6.07, 6.45) is 4.81. The van der Waals surface area contributed by atoms with Crippen LogP contribution in [0.4, 0.5) is 11.4 Å². The van der Waals surface area contributed by atoms with Crippen LogP contribution in [0.1, 0.15) is 38.4 Å². The molecule has 0 saturated heterocycles. The van der Waals surface area contributed by atoms with E-state index < -0.39 is 0 Å². The Kier molecular flexibility index (Phi) is 6.37. The van der Waals surface area contributed by atoms with Gasteiger partial charge in [-0.2, -0.15) is 0 Å². The van der Waals surface area contributed by atoms with Crippen molar-refractivity contribution in [2.45, 2.75) is 19.3 Å². The number of aromatic nitrogens is 1. The molecule has 0 bridgehead atoms. The zero-order valence-electron chi connectivity index (χ0n) is 16.8. The van der Waals surface area contributed by atoms with E-state index in [1.165, 1.54) is 11.3 Å². The van der Waals surface area contributed by atoms with Crippen molar-refractivity contribution in [3.63, 3.8) is 0 Å². The third kappa shape index (κ3) is 4.97. The SMILES string of the molecule is O=C(CCCNC(=O)c1cccs1)Nc1ccc2c(c1)CCN2C(=O)c1cccnc1. The number of hydrogen-bond donors (Lipinski definition) is 2. The second kappa shape index (κ2) is 9.53. The summed E-state index contributed by atoms with van der Waals surface area (Å²) in [7, 11) is 0. The monoisotopic (exact) mass is 434 g/mol. The lowest BCUT2D eigenvalue weighted by Gasteiger charge is -2.17. The summed E-state index contributed by atoms with van der Waals surface area (Å²) >= 11 is 1.39. The Morgan fingerprint density at radius 1 is 1.13 bits per heavy atom. The number of fused-ring (bicyclic) bond motifs is 1. The number of rotatable bonds is 7. The van der Waals surface area contributed by atoms with Crippen molar-refractivity contribution in [2.24, 2.45) is 0 Å². The molecule has 1 aliphatic rings. The molecule has 1 aromatic carbocycles. The largest absolute Gasteiger partial charge is 0.351 e. The number of benzene rings is 1. The highest BCUT2D eigenvalue weighted by Gasteiger charge is 2.26. The van der Waals surface area contributed by atoms with Gasteiger partial charge in [-0.05, 0) is 60.2 Å². The van der Waals surface area contributed by atoms with E-state index in [2.05, 4.69) is 15.6 Å². The fourth-order valence-corrected chi connectivity index (χ4v) is 4.14. The molecule has 0 atom stereocenters. The van der Waals surface area contributed by atoms with Crippen molar-refractivity contribution >= 4 is 40.4 Å². The highest BCUT2D eigenvalue weighted by molar-refractivity contribution is 7.12. The number of hydrogen-bond acceptors (Lipinski definition) is 5. The van der Waals surface area contributed by atoms with Crippen molar-refractivity contribution < 1.29 is 14.4 Å². The summed E-state index contributed by atoms with van der Waals surface area (Å²) < 4.78 is 0. The van der Waals surface area contributed by atoms with E-state index in [0.717, 1.165) is 17.7 Å². The molecule has 0 spiro atoms. The van der Waals surface area contributed by atoms with Gasteiger partial charge < -0.3 is 15.5 Å². The lowest BCUT2D eigenvalue weighted by molar-refractivity contribution is -0.116. The van der Waals surface area contributed by atoms with E-state index in [-0.39, 0.29) is 17.7 Å². The van der Waals surface area contributed by atoms with Gasteiger partial charge in [-0.3, -0.25) is 19.4 Å². The molecule has 4 rings (SSSR count). The van der Waals surface area contributed by atoms with Crippen LogP contribution in [0, 0.1) is 0 Å². The summed E-state index contributed by atoms with van der Waals surface area (Å²) in [5, 5.41) is 7.57. The number of anilines is 2. The molecule has 0 unspecified atom stereocenters. The molecule has 1 aliphatic heterocycles. The highest BCUT2D eigenvalue weighted by atomic mass is 32.1. The average molecular weight is 435 g/mol. The molecule has 2 aromatic heterocycles. The molecular weight excluding hydrogens is 412 g/mol. The smallest absolute Gasteiger partial charge is 0.261 e. The molecule has 0 aliphatic carbocycles. The molecule has 158 valence electrons. The first-order valence-electron chi connectivity index (χ1n) is 10.1. The van der Waals surface area contributed by atoms with Crippen LogP contribution in [0.3, 0.4) is 0 Å². The van der Waals surface area contributed by atoms with Crippen molar-refractivity contribution in [3.8, 4) is 0 Å². The van der Waals surface area contributed by atoms with Gasteiger partial charge in [0.25, 0.3) is 11.8 Å². The minimum atomic E-state index is -0.112. The predicted octanol–water partition coefficient (Wildman–Crippen LogP) is 3.49. The Balaban J connectivity index is 1.28. The van der Waals surface area contributed by atoms with Gasteiger partial charge in [0.1, 0.15) is 0 Å². The Labute approximate surface area is 184 Å². The molecule has 0 saturated carbocycles. The molecule has 31 heavy (non-hydrogen) atoms.